The van der Waals surface area contributed by atoms with Gasteiger partial charge in [-0.1, -0.05) is 17.7 Å². The Morgan fingerprint density at radius 2 is 2.33 bits per heavy atom. The van der Waals surface area contributed by atoms with Crippen LogP contribution in [0.5, 0.6) is 0 Å². The van der Waals surface area contributed by atoms with Gasteiger partial charge in [-0.2, -0.15) is 0 Å². The molecule has 12 heavy (non-hydrogen) atoms. The summed E-state index contributed by atoms with van der Waals surface area (Å²) < 4.78 is 2.61. The zero-order valence-electron chi connectivity index (χ0n) is 6.50. The number of carbonyl (C=O) groups excluding carboxylic acids is 1. The number of halogens is 1. The molecular weight excluding hydrogens is 194 g/mol. The molecule has 0 bridgehead atoms. The molecule has 0 spiro atoms. The second-order valence-electron chi connectivity index (χ2n) is 2.22. The zero-order valence-corrected chi connectivity index (χ0v) is 8.08. The van der Waals surface area contributed by atoms with Gasteiger partial charge in [-0.25, -0.2) is 0 Å². The lowest BCUT2D eigenvalue weighted by Gasteiger charge is -2.00. The van der Waals surface area contributed by atoms with Gasteiger partial charge in [-0.15, -0.1) is 0 Å². The van der Waals surface area contributed by atoms with Crippen LogP contribution in [0.2, 0.25) is 5.02 Å². The fourth-order valence-electron chi connectivity index (χ4n) is 0.661. The van der Waals surface area contributed by atoms with E-state index in [9.17, 15) is 4.79 Å². The fourth-order valence-corrected chi connectivity index (χ4v) is 1.51. The van der Waals surface area contributed by atoms with Crippen molar-refractivity contribution in [2.75, 3.05) is 0 Å². The van der Waals surface area contributed by atoms with Crippen LogP contribution in [-0.4, -0.2) is 5.91 Å². The molecule has 0 aromatic heterocycles. The highest BCUT2D eigenvalue weighted by atomic mass is 35.5. The highest BCUT2D eigenvalue weighted by molar-refractivity contribution is 7.98. The summed E-state index contributed by atoms with van der Waals surface area (Å²) in [4.78, 5) is 11.5. The number of hydrogen-bond acceptors (Lipinski definition) is 2. The molecular formula is C8H8ClNOS. The molecule has 0 aliphatic heterocycles. The van der Waals surface area contributed by atoms with Gasteiger partial charge in [-0.05, 0) is 30.1 Å². The van der Waals surface area contributed by atoms with E-state index < -0.39 is 0 Å². The number of hydrogen-bond donors (Lipinski definition) is 1. The maximum atomic E-state index is 10.5. The number of amides is 1. The summed E-state index contributed by atoms with van der Waals surface area (Å²) in [7, 11) is 0. The summed E-state index contributed by atoms with van der Waals surface area (Å²) in [6, 6.07) is 7.31. The van der Waals surface area contributed by atoms with Crippen LogP contribution in [0.15, 0.2) is 29.2 Å². The van der Waals surface area contributed by atoms with Crippen molar-refractivity contribution < 1.29 is 4.79 Å². The zero-order chi connectivity index (χ0) is 8.97. The summed E-state index contributed by atoms with van der Waals surface area (Å²) in [6.07, 6.45) is 0. The molecule has 0 aliphatic rings. The first-order valence-corrected chi connectivity index (χ1v) is 4.57. The van der Waals surface area contributed by atoms with Crippen molar-refractivity contribution in [3.63, 3.8) is 0 Å². The molecule has 64 valence electrons. The number of carbonyl (C=O) groups is 1. The molecule has 0 aliphatic carbocycles. The lowest BCUT2D eigenvalue weighted by molar-refractivity contribution is -0.117. The Bertz CT molecular complexity index is 290. The van der Waals surface area contributed by atoms with E-state index in [2.05, 4.69) is 4.72 Å². The molecule has 1 aromatic rings. The maximum Gasteiger partial charge on any atom is 0.226 e. The van der Waals surface area contributed by atoms with Crippen LogP contribution in [0.25, 0.3) is 0 Å². The van der Waals surface area contributed by atoms with Gasteiger partial charge >= 0.3 is 0 Å². The first-order chi connectivity index (χ1) is 5.68. The Kier molecular flexibility index (Phi) is 3.44. The minimum Gasteiger partial charge on any atom is -0.296 e. The van der Waals surface area contributed by atoms with Gasteiger partial charge in [0, 0.05) is 16.8 Å². The van der Waals surface area contributed by atoms with Crippen molar-refractivity contribution in [3.05, 3.63) is 29.3 Å². The molecule has 1 N–H and O–H groups in total. The summed E-state index contributed by atoms with van der Waals surface area (Å²) >= 11 is 6.99. The summed E-state index contributed by atoms with van der Waals surface area (Å²) in [5.41, 5.74) is 0. The standard InChI is InChI=1S/C8H8ClNOS/c1-6(11)10-12-8-4-2-3-7(9)5-8/h2-5H,1H3,(H,10,11). The molecule has 0 saturated carbocycles. The number of benzene rings is 1. The third-order valence-corrected chi connectivity index (χ3v) is 2.22. The molecule has 4 heteroatoms. The lowest BCUT2D eigenvalue weighted by Crippen LogP contribution is -2.09. The van der Waals surface area contributed by atoms with E-state index in [1.54, 1.807) is 12.1 Å². The summed E-state index contributed by atoms with van der Waals surface area (Å²) in [5.74, 6) is -0.0695. The van der Waals surface area contributed by atoms with Gasteiger partial charge in [0.25, 0.3) is 0 Å². The van der Waals surface area contributed by atoms with Crippen LogP contribution < -0.4 is 4.72 Å². The van der Waals surface area contributed by atoms with E-state index in [-0.39, 0.29) is 5.91 Å². The largest absolute Gasteiger partial charge is 0.296 e. The molecule has 0 heterocycles. The quantitative estimate of drug-likeness (QED) is 0.745. The third kappa shape index (κ3) is 3.15. The van der Waals surface area contributed by atoms with E-state index in [4.69, 9.17) is 11.6 Å². The SMILES string of the molecule is CC(=O)NSc1cccc(Cl)c1. The van der Waals surface area contributed by atoms with Gasteiger partial charge in [0.15, 0.2) is 0 Å². The van der Waals surface area contributed by atoms with E-state index in [1.165, 1.54) is 18.9 Å². The van der Waals surface area contributed by atoms with Crippen LogP contribution in [0.4, 0.5) is 0 Å². The summed E-state index contributed by atoms with van der Waals surface area (Å²) in [6.45, 7) is 1.47. The minimum atomic E-state index is -0.0695. The molecule has 0 atom stereocenters. The second-order valence-corrected chi connectivity index (χ2v) is 3.53. The van der Waals surface area contributed by atoms with Crippen molar-refractivity contribution >= 4 is 29.5 Å². The van der Waals surface area contributed by atoms with Crippen molar-refractivity contribution in [2.45, 2.75) is 11.8 Å². The second kappa shape index (κ2) is 4.38. The van der Waals surface area contributed by atoms with Crippen LogP contribution in [0.3, 0.4) is 0 Å². The molecule has 1 aromatic carbocycles. The van der Waals surface area contributed by atoms with E-state index in [0.717, 1.165) is 4.90 Å². The Balaban J connectivity index is 2.57. The molecule has 1 rings (SSSR count). The number of nitrogens with one attached hydrogen (secondary N) is 1. The fraction of sp³-hybridized carbons (Fsp3) is 0.125. The van der Waals surface area contributed by atoms with E-state index in [1.807, 2.05) is 12.1 Å². The smallest absolute Gasteiger partial charge is 0.226 e. The summed E-state index contributed by atoms with van der Waals surface area (Å²) in [5, 5.41) is 0.672. The lowest BCUT2D eigenvalue weighted by atomic mass is 10.4. The Morgan fingerprint density at radius 1 is 1.58 bits per heavy atom. The van der Waals surface area contributed by atoms with Gasteiger partial charge in [-0.3, -0.25) is 9.52 Å². The Labute approximate surface area is 80.4 Å². The minimum absolute atomic E-state index is 0.0695. The van der Waals surface area contributed by atoms with Crippen molar-refractivity contribution in [1.29, 1.82) is 0 Å². The highest BCUT2D eigenvalue weighted by Crippen LogP contribution is 2.18. The predicted octanol–water partition coefficient (Wildman–Crippen LogP) is 2.48. The molecule has 0 saturated heterocycles. The van der Waals surface area contributed by atoms with Gasteiger partial charge < -0.3 is 0 Å². The monoisotopic (exact) mass is 201 g/mol. The van der Waals surface area contributed by atoms with Crippen LogP contribution >= 0.6 is 23.5 Å². The van der Waals surface area contributed by atoms with Crippen LogP contribution in [0.1, 0.15) is 6.92 Å². The van der Waals surface area contributed by atoms with E-state index in [0.29, 0.717) is 5.02 Å². The first-order valence-electron chi connectivity index (χ1n) is 3.37. The molecule has 1 amide bonds. The van der Waals surface area contributed by atoms with Gasteiger partial charge in [0.05, 0.1) is 0 Å². The van der Waals surface area contributed by atoms with Crippen molar-refractivity contribution in [2.24, 2.45) is 0 Å². The normalized spacial score (nSPS) is 9.50. The predicted molar refractivity (Wildman–Crippen MR) is 51.1 cm³/mol. The van der Waals surface area contributed by atoms with Crippen LogP contribution in [-0.2, 0) is 4.79 Å². The molecule has 0 radical (unpaired) electrons. The van der Waals surface area contributed by atoms with Gasteiger partial charge in [0.2, 0.25) is 5.91 Å². The maximum absolute atomic E-state index is 10.5. The third-order valence-electron chi connectivity index (χ3n) is 1.11. The number of rotatable bonds is 2. The average molecular weight is 202 g/mol. The van der Waals surface area contributed by atoms with Crippen molar-refractivity contribution in [3.8, 4) is 0 Å². The average Bonchev–Trinajstić information content (AvgIpc) is 2.01. The first kappa shape index (κ1) is 9.42. The Hall–Kier alpha value is -0.670. The highest BCUT2D eigenvalue weighted by Gasteiger charge is 1.95. The molecule has 0 unspecified atom stereocenters. The Morgan fingerprint density at radius 3 is 2.92 bits per heavy atom. The molecule has 0 fully saturated rings. The van der Waals surface area contributed by atoms with E-state index >= 15 is 0 Å². The van der Waals surface area contributed by atoms with Gasteiger partial charge in [0.1, 0.15) is 0 Å². The topological polar surface area (TPSA) is 29.1 Å². The molecule has 2 nitrogen and oxygen atoms in total. The van der Waals surface area contributed by atoms with Crippen LogP contribution in [0, 0.1) is 0 Å². The van der Waals surface area contributed by atoms with Crippen molar-refractivity contribution in [1.82, 2.24) is 4.72 Å².